The highest BCUT2D eigenvalue weighted by molar-refractivity contribution is 6.30. The summed E-state index contributed by atoms with van der Waals surface area (Å²) in [6.07, 6.45) is 5.43. The van der Waals surface area contributed by atoms with Crippen molar-refractivity contribution in [2.45, 2.75) is 6.54 Å². The van der Waals surface area contributed by atoms with E-state index in [0.717, 1.165) is 41.1 Å². The standard InChI is InChI=1S/C22H20ClN5O2/c23-17-3-1-2-15(10-17)14-28-5-4-16(11-20(28)29)18-12-24-22-21(18)26-19(13-25-22)27-6-8-30-9-7-27/h1-5,10-13H,6-9,14H2,(H,24,25). The summed E-state index contributed by atoms with van der Waals surface area (Å²) in [4.78, 5) is 27.4. The van der Waals surface area contributed by atoms with Crippen LogP contribution in [0.3, 0.4) is 0 Å². The van der Waals surface area contributed by atoms with E-state index in [1.165, 1.54) is 0 Å². The minimum Gasteiger partial charge on any atom is -0.378 e. The number of hydrogen-bond donors (Lipinski definition) is 1. The number of morpholine rings is 1. The van der Waals surface area contributed by atoms with E-state index in [1.807, 2.05) is 36.5 Å². The molecule has 0 atom stereocenters. The highest BCUT2D eigenvalue weighted by atomic mass is 35.5. The van der Waals surface area contributed by atoms with Crippen LogP contribution in [-0.4, -0.2) is 45.8 Å². The number of fused-ring (bicyclic) bond motifs is 1. The first-order valence-electron chi connectivity index (χ1n) is 9.79. The van der Waals surface area contributed by atoms with Crippen molar-refractivity contribution in [2.75, 3.05) is 31.2 Å². The second-order valence-corrected chi connectivity index (χ2v) is 7.68. The van der Waals surface area contributed by atoms with Gasteiger partial charge in [0.25, 0.3) is 5.56 Å². The van der Waals surface area contributed by atoms with Gasteiger partial charge in [-0.3, -0.25) is 4.79 Å². The molecule has 1 fully saturated rings. The lowest BCUT2D eigenvalue weighted by atomic mass is 10.1. The molecule has 7 nitrogen and oxygen atoms in total. The quantitative estimate of drug-likeness (QED) is 0.547. The third-order valence-corrected chi connectivity index (χ3v) is 5.49. The summed E-state index contributed by atoms with van der Waals surface area (Å²) in [6, 6.07) is 11.1. The van der Waals surface area contributed by atoms with Gasteiger partial charge in [-0.15, -0.1) is 0 Å². The average Bonchev–Trinajstić information content (AvgIpc) is 3.19. The molecule has 0 unspecified atom stereocenters. The van der Waals surface area contributed by atoms with E-state index in [2.05, 4.69) is 14.9 Å². The van der Waals surface area contributed by atoms with Gasteiger partial charge in [0.05, 0.1) is 26.0 Å². The Morgan fingerprint density at radius 2 is 2.03 bits per heavy atom. The SMILES string of the molecule is O=c1cc(-c2c[nH]c3ncc(N4CCOCC4)nc23)ccn1Cc1cccc(Cl)c1. The van der Waals surface area contributed by atoms with Crippen molar-refractivity contribution < 1.29 is 4.74 Å². The number of nitrogens with zero attached hydrogens (tertiary/aromatic N) is 4. The summed E-state index contributed by atoms with van der Waals surface area (Å²) >= 11 is 6.05. The molecular weight excluding hydrogens is 402 g/mol. The normalized spacial score (nSPS) is 14.4. The van der Waals surface area contributed by atoms with Gasteiger partial charge >= 0.3 is 0 Å². The van der Waals surface area contributed by atoms with Gasteiger partial charge in [-0.25, -0.2) is 9.97 Å². The summed E-state index contributed by atoms with van der Waals surface area (Å²) in [6.45, 7) is 3.42. The summed E-state index contributed by atoms with van der Waals surface area (Å²) in [5.74, 6) is 0.820. The molecule has 4 aromatic rings. The minimum atomic E-state index is -0.0841. The molecule has 0 radical (unpaired) electrons. The summed E-state index contributed by atoms with van der Waals surface area (Å²) in [5, 5.41) is 0.658. The number of benzene rings is 1. The molecule has 0 amide bonds. The van der Waals surface area contributed by atoms with E-state index in [1.54, 1.807) is 23.0 Å². The Morgan fingerprint density at radius 1 is 1.17 bits per heavy atom. The number of anilines is 1. The van der Waals surface area contributed by atoms with Crippen LogP contribution < -0.4 is 10.5 Å². The molecule has 8 heteroatoms. The highest BCUT2D eigenvalue weighted by Gasteiger charge is 2.16. The fraction of sp³-hybridized carbons (Fsp3) is 0.227. The summed E-state index contributed by atoms with van der Waals surface area (Å²) in [7, 11) is 0. The molecular formula is C22H20ClN5O2. The Morgan fingerprint density at radius 3 is 2.83 bits per heavy atom. The van der Waals surface area contributed by atoms with Crippen LogP contribution in [0.15, 0.2) is 59.8 Å². The zero-order valence-corrected chi connectivity index (χ0v) is 17.0. The van der Waals surface area contributed by atoms with Gasteiger partial charge < -0.3 is 19.2 Å². The lowest BCUT2D eigenvalue weighted by Crippen LogP contribution is -2.36. The number of aromatic nitrogens is 4. The van der Waals surface area contributed by atoms with E-state index in [4.69, 9.17) is 21.3 Å². The lowest BCUT2D eigenvalue weighted by Gasteiger charge is -2.27. The third kappa shape index (κ3) is 3.69. The molecule has 0 bridgehead atoms. The average molecular weight is 422 g/mol. The fourth-order valence-electron chi connectivity index (χ4n) is 3.68. The molecule has 0 aliphatic carbocycles. The minimum absolute atomic E-state index is 0.0841. The fourth-order valence-corrected chi connectivity index (χ4v) is 3.90. The third-order valence-electron chi connectivity index (χ3n) is 5.25. The van der Waals surface area contributed by atoms with Crippen LogP contribution in [0.5, 0.6) is 0 Å². The van der Waals surface area contributed by atoms with Crippen LogP contribution in [-0.2, 0) is 11.3 Å². The molecule has 1 N–H and O–H groups in total. The second-order valence-electron chi connectivity index (χ2n) is 7.24. The number of ether oxygens (including phenoxy) is 1. The monoisotopic (exact) mass is 421 g/mol. The van der Waals surface area contributed by atoms with Crippen LogP contribution >= 0.6 is 11.6 Å². The molecule has 3 aromatic heterocycles. The molecule has 152 valence electrons. The van der Waals surface area contributed by atoms with Crippen molar-refractivity contribution in [1.82, 2.24) is 19.5 Å². The zero-order chi connectivity index (χ0) is 20.5. The van der Waals surface area contributed by atoms with E-state index in [-0.39, 0.29) is 5.56 Å². The number of aromatic amines is 1. The summed E-state index contributed by atoms with van der Waals surface area (Å²) < 4.78 is 7.08. The number of H-pyrrole nitrogens is 1. The number of rotatable bonds is 4. The maximum atomic E-state index is 12.7. The van der Waals surface area contributed by atoms with Crippen LogP contribution in [0, 0.1) is 0 Å². The maximum absolute atomic E-state index is 12.7. The van der Waals surface area contributed by atoms with Crippen LogP contribution in [0.2, 0.25) is 5.02 Å². The number of halogens is 1. The van der Waals surface area contributed by atoms with Gasteiger partial charge in [0.15, 0.2) is 5.65 Å². The molecule has 1 aliphatic rings. The van der Waals surface area contributed by atoms with E-state index in [9.17, 15) is 4.79 Å². The first-order valence-corrected chi connectivity index (χ1v) is 10.2. The number of pyridine rings is 1. The topological polar surface area (TPSA) is 76.0 Å². The van der Waals surface area contributed by atoms with Gasteiger partial charge in [0, 0.05) is 42.1 Å². The molecule has 30 heavy (non-hydrogen) atoms. The van der Waals surface area contributed by atoms with Crippen molar-refractivity contribution in [3.05, 3.63) is 75.9 Å². The molecule has 1 saturated heterocycles. The van der Waals surface area contributed by atoms with Crippen molar-refractivity contribution in [3.8, 4) is 11.1 Å². The van der Waals surface area contributed by atoms with Gasteiger partial charge in [0.1, 0.15) is 11.3 Å². The lowest BCUT2D eigenvalue weighted by molar-refractivity contribution is 0.122. The maximum Gasteiger partial charge on any atom is 0.251 e. The first kappa shape index (κ1) is 18.8. The predicted molar refractivity (Wildman–Crippen MR) is 117 cm³/mol. The predicted octanol–water partition coefficient (Wildman–Crippen LogP) is 3.32. The molecule has 0 saturated carbocycles. The molecule has 1 aliphatic heterocycles. The van der Waals surface area contributed by atoms with E-state index in [0.29, 0.717) is 30.4 Å². The summed E-state index contributed by atoms with van der Waals surface area (Å²) in [5.41, 5.74) is 4.02. The van der Waals surface area contributed by atoms with Crippen molar-refractivity contribution in [2.24, 2.45) is 0 Å². The largest absolute Gasteiger partial charge is 0.378 e. The Hall–Kier alpha value is -3.16. The first-order chi connectivity index (χ1) is 14.7. The van der Waals surface area contributed by atoms with Gasteiger partial charge in [-0.05, 0) is 29.3 Å². The second kappa shape index (κ2) is 7.93. The van der Waals surface area contributed by atoms with Gasteiger partial charge in [0.2, 0.25) is 0 Å². The molecule has 0 spiro atoms. The zero-order valence-electron chi connectivity index (χ0n) is 16.2. The molecule has 4 heterocycles. The molecule has 1 aromatic carbocycles. The Bertz CT molecular complexity index is 1260. The van der Waals surface area contributed by atoms with Crippen molar-refractivity contribution in [1.29, 1.82) is 0 Å². The number of nitrogens with one attached hydrogen (secondary N) is 1. The van der Waals surface area contributed by atoms with E-state index >= 15 is 0 Å². The molecule has 5 rings (SSSR count). The van der Waals surface area contributed by atoms with Gasteiger partial charge in [-0.2, -0.15) is 0 Å². The van der Waals surface area contributed by atoms with Crippen molar-refractivity contribution >= 4 is 28.6 Å². The highest BCUT2D eigenvalue weighted by Crippen LogP contribution is 2.27. The Kier molecular flexibility index (Phi) is 4.98. The van der Waals surface area contributed by atoms with Crippen LogP contribution in [0.1, 0.15) is 5.56 Å². The van der Waals surface area contributed by atoms with Crippen molar-refractivity contribution in [3.63, 3.8) is 0 Å². The van der Waals surface area contributed by atoms with Crippen LogP contribution in [0.4, 0.5) is 5.82 Å². The number of hydrogen-bond acceptors (Lipinski definition) is 5. The van der Waals surface area contributed by atoms with Crippen LogP contribution in [0.25, 0.3) is 22.3 Å². The Labute approximate surface area is 177 Å². The van der Waals surface area contributed by atoms with E-state index < -0.39 is 0 Å². The Balaban J connectivity index is 1.47. The smallest absolute Gasteiger partial charge is 0.251 e. The van der Waals surface area contributed by atoms with Gasteiger partial charge in [-0.1, -0.05) is 23.7 Å².